The normalized spacial score (nSPS) is 19.1. The summed E-state index contributed by atoms with van der Waals surface area (Å²) in [5.74, 6) is -0.246. The van der Waals surface area contributed by atoms with Crippen molar-refractivity contribution in [1.29, 1.82) is 0 Å². The van der Waals surface area contributed by atoms with Crippen LogP contribution in [-0.2, 0) is 9.63 Å². The number of hydroxylamine groups is 1. The highest BCUT2D eigenvalue weighted by Gasteiger charge is 2.26. The SMILES string of the molecule is C=C(C(=O)N1NC=CO1)N1CCC1. The van der Waals surface area contributed by atoms with Gasteiger partial charge in [-0.2, -0.15) is 0 Å². The van der Waals surface area contributed by atoms with E-state index in [0.29, 0.717) is 5.70 Å². The number of nitrogens with one attached hydrogen (secondary N) is 1. The summed E-state index contributed by atoms with van der Waals surface area (Å²) in [6.07, 6.45) is 4.07. The molecule has 0 aromatic carbocycles. The lowest BCUT2D eigenvalue weighted by atomic mass is 10.2. The molecule has 0 bridgehead atoms. The lowest BCUT2D eigenvalue weighted by molar-refractivity contribution is -0.169. The van der Waals surface area contributed by atoms with Crippen molar-refractivity contribution in [2.75, 3.05) is 13.1 Å². The fraction of sp³-hybridized carbons (Fsp3) is 0.375. The average molecular weight is 181 g/mol. The van der Waals surface area contributed by atoms with Gasteiger partial charge in [0.25, 0.3) is 0 Å². The maximum atomic E-state index is 11.5. The van der Waals surface area contributed by atoms with Crippen LogP contribution in [0.3, 0.4) is 0 Å². The summed E-state index contributed by atoms with van der Waals surface area (Å²) in [4.78, 5) is 18.3. The molecule has 1 fully saturated rings. The van der Waals surface area contributed by atoms with Gasteiger partial charge < -0.3 is 9.74 Å². The molecule has 5 heteroatoms. The Labute approximate surface area is 76.2 Å². The summed E-state index contributed by atoms with van der Waals surface area (Å²) in [6, 6.07) is 0. The molecular weight excluding hydrogens is 170 g/mol. The van der Waals surface area contributed by atoms with E-state index in [1.165, 1.54) is 6.26 Å². The first-order chi connectivity index (χ1) is 6.29. The Morgan fingerprint density at radius 2 is 2.31 bits per heavy atom. The van der Waals surface area contributed by atoms with E-state index in [2.05, 4.69) is 12.0 Å². The summed E-state index contributed by atoms with van der Waals surface area (Å²) in [7, 11) is 0. The minimum Gasteiger partial charge on any atom is -0.367 e. The van der Waals surface area contributed by atoms with Crippen LogP contribution in [0.4, 0.5) is 0 Å². The Bertz CT molecular complexity index is 263. The first-order valence-corrected chi connectivity index (χ1v) is 4.15. The van der Waals surface area contributed by atoms with Gasteiger partial charge in [-0.3, -0.25) is 10.2 Å². The van der Waals surface area contributed by atoms with Gasteiger partial charge >= 0.3 is 5.91 Å². The molecule has 1 saturated heterocycles. The van der Waals surface area contributed by atoms with Gasteiger partial charge in [0.05, 0.1) is 6.20 Å². The Hall–Kier alpha value is -1.65. The Balaban J connectivity index is 1.92. The molecule has 0 aliphatic carbocycles. The zero-order valence-electron chi connectivity index (χ0n) is 7.19. The van der Waals surface area contributed by atoms with Gasteiger partial charge in [0.2, 0.25) is 0 Å². The van der Waals surface area contributed by atoms with E-state index in [-0.39, 0.29) is 5.91 Å². The van der Waals surface area contributed by atoms with Crippen LogP contribution in [0.1, 0.15) is 6.42 Å². The fourth-order valence-electron chi connectivity index (χ4n) is 1.16. The topological polar surface area (TPSA) is 44.8 Å². The quantitative estimate of drug-likeness (QED) is 0.607. The monoisotopic (exact) mass is 181 g/mol. The number of likely N-dealkylation sites (tertiary alicyclic amines) is 1. The van der Waals surface area contributed by atoms with Crippen LogP contribution < -0.4 is 5.43 Å². The van der Waals surface area contributed by atoms with Crippen molar-refractivity contribution in [2.45, 2.75) is 6.42 Å². The number of hydrazine groups is 1. The van der Waals surface area contributed by atoms with Gasteiger partial charge in [-0.25, -0.2) is 0 Å². The minimum atomic E-state index is -0.246. The summed E-state index contributed by atoms with van der Waals surface area (Å²) < 4.78 is 0. The number of amides is 1. The predicted octanol–water partition coefficient (Wildman–Crippen LogP) is -0.0446. The van der Waals surface area contributed by atoms with Crippen LogP contribution in [0, 0.1) is 0 Å². The van der Waals surface area contributed by atoms with Gasteiger partial charge in [-0.1, -0.05) is 11.8 Å². The van der Waals surface area contributed by atoms with Crippen LogP contribution >= 0.6 is 0 Å². The molecule has 0 atom stereocenters. The number of rotatable bonds is 2. The van der Waals surface area contributed by atoms with Crippen LogP contribution in [0.25, 0.3) is 0 Å². The van der Waals surface area contributed by atoms with E-state index in [1.807, 2.05) is 4.90 Å². The van der Waals surface area contributed by atoms with Crippen molar-refractivity contribution in [3.05, 3.63) is 24.7 Å². The van der Waals surface area contributed by atoms with Crippen LogP contribution in [0.15, 0.2) is 24.7 Å². The van der Waals surface area contributed by atoms with Crippen LogP contribution in [0.2, 0.25) is 0 Å². The molecule has 0 saturated carbocycles. The molecule has 0 unspecified atom stereocenters. The van der Waals surface area contributed by atoms with E-state index < -0.39 is 0 Å². The number of nitrogens with zero attached hydrogens (tertiary/aromatic N) is 2. The molecule has 2 rings (SSSR count). The standard InChI is InChI=1S/C8H11N3O2/c1-7(10-4-2-5-10)8(12)11-9-3-6-13-11/h3,6,9H,1-2,4-5H2. The van der Waals surface area contributed by atoms with Crippen molar-refractivity contribution in [3.63, 3.8) is 0 Å². The second-order valence-electron chi connectivity index (χ2n) is 2.92. The highest BCUT2D eigenvalue weighted by atomic mass is 16.7. The van der Waals surface area contributed by atoms with Crippen molar-refractivity contribution in [3.8, 4) is 0 Å². The second-order valence-corrected chi connectivity index (χ2v) is 2.92. The molecule has 0 radical (unpaired) electrons. The molecule has 1 amide bonds. The summed E-state index contributed by atoms with van der Waals surface area (Å²) in [5, 5.41) is 1.06. The molecule has 2 aliphatic rings. The fourth-order valence-corrected chi connectivity index (χ4v) is 1.16. The third-order valence-corrected chi connectivity index (χ3v) is 2.10. The molecule has 2 aliphatic heterocycles. The van der Waals surface area contributed by atoms with Gasteiger partial charge in [0, 0.05) is 13.1 Å². The summed E-state index contributed by atoms with van der Waals surface area (Å²) >= 11 is 0. The number of hydrogen-bond acceptors (Lipinski definition) is 4. The lowest BCUT2D eigenvalue weighted by Crippen LogP contribution is -2.45. The zero-order valence-corrected chi connectivity index (χ0v) is 7.19. The van der Waals surface area contributed by atoms with E-state index in [9.17, 15) is 4.79 Å². The molecule has 2 heterocycles. The molecule has 13 heavy (non-hydrogen) atoms. The first kappa shape index (κ1) is 7.97. The van der Waals surface area contributed by atoms with Crippen molar-refractivity contribution in [1.82, 2.24) is 15.5 Å². The molecule has 1 N–H and O–H groups in total. The molecule has 0 aromatic rings. The van der Waals surface area contributed by atoms with Crippen LogP contribution in [0.5, 0.6) is 0 Å². The van der Waals surface area contributed by atoms with Crippen molar-refractivity contribution in [2.24, 2.45) is 0 Å². The van der Waals surface area contributed by atoms with Gasteiger partial charge in [-0.15, -0.1) is 0 Å². The Morgan fingerprint density at radius 3 is 2.77 bits per heavy atom. The Kier molecular flexibility index (Phi) is 1.84. The second kappa shape index (κ2) is 3.01. The highest BCUT2D eigenvalue weighted by Crippen LogP contribution is 2.15. The van der Waals surface area contributed by atoms with E-state index in [1.54, 1.807) is 6.20 Å². The highest BCUT2D eigenvalue weighted by molar-refractivity contribution is 5.91. The zero-order chi connectivity index (χ0) is 9.26. The smallest absolute Gasteiger partial charge is 0.323 e. The maximum absolute atomic E-state index is 11.5. The molecule has 70 valence electrons. The summed E-state index contributed by atoms with van der Waals surface area (Å²) in [6.45, 7) is 5.53. The number of carbonyl (C=O) groups is 1. The molecule has 0 aromatic heterocycles. The van der Waals surface area contributed by atoms with E-state index in [4.69, 9.17) is 4.84 Å². The first-order valence-electron chi connectivity index (χ1n) is 4.15. The number of hydrogen-bond donors (Lipinski definition) is 1. The third kappa shape index (κ3) is 1.32. The molecule has 0 spiro atoms. The largest absolute Gasteiger partial charge is 0.367 e. The molecule has 5 nitrogen and oxygen atoms in total. The van der Waals surface area contributed by atoms with E-state index in [0.717, 1.165) is 24.7 Å². The van der Waals surface area contributed by atoms with Crippen LogP contribution in [-0.4, -0.2) is 29.1 Å². The van der Waals surface area contributed by atoms with Gasteiger partial charge in [0.15, 0.2) is 0 Å². The van der Waals surface area contributed by atoms with Crippen molar-refractivity contribution < 1.29 is 9.63 Å². The third-order valence-electron chi connectivity index (χ3n) is 2.10. The summed E-state index contributed by atoms with van der Waals surface area (Å²) in [5.41, 5.74) is 3.11. The molecular formula is C8H11N3O2. The Morgan fingerprint density at radius 1 is 1.54 bits per heavy atom. The maximum Gasteiger partial charge on any atom is 0.323 e. The predicted molar refractivity (Wildman–Crippen MR) is 45.5 cm³/mol. The average Bonchev–Trinajstić information content (AvgIpc) is 2.51. The number of carbonyl (C=O) groups excluding carboxylic acids is 1. The van der Waals surface area contributed by atoms with E-state index >= 15 is 0 Å². The van der Waals surface area contributed by atoms with Crippen molar-refractivity contribution >= 4 is 5.91 Å². The minimum absolute atomic E-state index is 0.246. The lowest BCUT2D eigenvalue weighted by Gasteiger charge is -2.34. The van der Waals surface area contributed by atoms with Gasteiger partial charge in [0.1, 0.15) is 12.0 Å². The van der Waals surface area contributed by atoms with Gasteiger partial charge in [-0.05, 0) is 6.42 Å².